The van der Waals surface area contributed by atoms with Crippen molar-refractivity contribution < 1.29 is 14.7 Å². The summed E-state index contributed by atoms with van der Waals surface area (Å²) in [5, 5.41) is 11.7. The molecule has 0 aromatic rings. The van der Waals surface area contributed by atoms with Gasteiger partial charge in [0, 0.05) is 6.42 Å². The summed E-state index contributed by atoms with van der Waals surface area (Å²) in [6.45, 7) is 1.65. The number of hydrogen-bond acceptors (Lipinski definition) is 2. The molecule has 0 radical (unpaired) electrons. The Balaban J connectivity index is 2.36. The van der Waals surface area contributed by atoms with Gasteiger partial charge >= 0.3 is 5.97 Å². The van der Waals surface area contributed by atoms with Gasteiger partial charge in [0.05, 0.1) is 11.0 Å². The zero-order chi connectivity index (χ0) is 8.98. The molecule has 1 atom stereocenters. The molecule has 1 spiro atoms. The highest BCUT2D eigenvalue weighted by atomic mass is 16.4. The molecule has 1 amide bonds. The van der Waals surface area contributed by atoms with Crippen molar-refractivity contribution in [2.45, 2.75) is 31.7 Å². The third kappa shape index (κ3) is 0.673. The molecule has 0 aromatic heterocycles. The van der Waals surface area contributed by atoms with Crippen LogP contribution in [0.2, 0.25) is 0 Å². The van der Waals surface area contributed by atoms with Crippen LogP contribution < -0.4 is 5.32 Å². The van der Waals surface area contributed by atoms with Gasteiger partial charge < -0.3 is 10.4 Å². The predicted octanol–water partition coefficient (Wildman–Crippen LogP) is 0.130. The van der Waals surface area contributed by atoms with Gasteiger partial charge in [-0.25, -0.2) is 0 Å². The standard InChI is InChI=1S/C8H11NO3/c1-7(6(11)12)4-5(10)9-8(7)2-3-8/h2-4H2,1H3,(H,9,10)(H,11,12). The highest BCUT2D eigenvalue weighted by molar-refractivity contribution is 5.91. The molecule has 1 saturated carbocycles. The normalized spacial score (nSPS) is 36.6. The van der Waals surface area contributed by atoms with E-state index in [0.29, 0.717) is 0 Å². The van der Waals surface area contributed by atoms with E-state index in [9.17, 15) is 9.59 Å². The van der Waals surface area contributed by atoms with E-state index in [-0.39, 0.29) is 12.3 Å². The van der Waals surface area contributed by atoms with E-state index in [0.717, 1.165) is 12.8 Å². The van der Waals surface area contributed by atoms with Crippen LogP contribution in [-0.2, 0) is 9.59 Å². The van der Waals surface area contributed by atoms with Crippen LogP contribution in [0.3, 0.4) is 0 Å². The zero-order valence-corrected chi connectivity index (χ0v) is 6.89. The number of carbonyl (C=O) groups excluding carboxylic acids is 1. The van der Waals surface area contributed by atoms with Crippen LogP contribution in [-0.4, -0.2) is 22.5 Å². The Morgan fingerprint density at radius 1 is 1.58 bits per heavy atom. The number of aliphatic carboxylic acids is 1. The lowest BCUT2D eigenvalue weighted by Gasteiger charge is -2.24. The van der Waals surface area contributed by atoms with Crippen molar-refractivity contribution in [3.05, 3.63) is 0 Å². The lowest BCUT2D eigenvalue weighted by molar-refractivity contribution is -0.149. The molecule has 66 valence electrons. The first-order valence-electron chi connectivity index (χ1n) is 4.05. The Morgan fingerprint density at radius 2 is 2.17 bits per heavy atom. The molecule has 12 heavy (non-hydrogen) atoms. The fraction of sp³-hybridized carbons (Fsp3) is 0.750. The Hall–Kier alpha value is -1.06. The number of rotatable bonds is 1. The second-order valence-electron chi connectivity index (χ2n) is 3.94. The Morgan fingerprint density at radius 3 is 2.50 bits per heavy atom. The molecule has 1 aliphatic carbocycles. The van der Waals surface area contributed by atoms with E-state index in [1.54, 1.807) is 6.92 Å². The van der Waals surface area contributed by atoms with E-state index >= 15 is 0 Å². The predicted molar refractivity (Wildman–Crippen MR) is 40.5 cm³/mol. The van der Waals surface area contributed by atoms with Gasteiger partial charge in [0.1, 0.15) is 0 Å². The first-order chi connectivity index (χ1) is 5.50. The second kappa shape index (κ2) is 1.81. The molecule has 4 nitrogen and oxygen atoms in total. The van der Waals surface area contributed by atoms with Crippen molar-refractivity contribution in [3.63, 3.8) is 0 Å². The number of amides is 1. The Bertz CT molecular complexity index is 269. The third-order valence-corrected chi connectivity index (χ3v) is 3.17. The first-order valence-corrected chi connectivity index (χ1v) is 4.05. The number of carboxylic acid groups (broad SMARTS) is 1. The van der Waals surface area contributed by atoms with Crippen molar-refractivity contribution in [2.75, 3.05) is 0 Å². The molecule has 2 fully saturated rings. The molecule has 1 heterocycles. The van der Waals surface area contributed by atoms with E-state index in [1.807, 2.05) is 0 Å². The molecule has 1 saturated heterocycles. The maximum Gasteiger partial charge on any atom is 0.312 e. The molecular formula is C8H11NO3. The minimum atomic E-state index is -0.871. The number of hydrogen-bond donors (Lipinski definition) is 2. The minimum absolute atomic E-state index is 0.127. The molecule has 4 heteroatoms. The van der Waals surface area contributed by atoms with Crippen LogP contribution in [0.5, 0.6) is 0 Å². The molecule has 0 bridgehead atoms. The number of nitrogens with one attached hydrogen (secondary N) is 1. The largest absolute Gasteiger partial charge is 0.481 e. The van der Waals surface area contributed by atoms with Crippen molar-refractivity contribution in [2.24, 2.45) is 5.41 Å². The van der Waals surface area contributed by atoms with E-state index < -0.39 is 16.9 Å². The maximum absolute atomic E-state index is 11.0. The third-order valence-electron chi connectivity index (χ3n) is 3.17. The van der Waals surface area contributed by atoms with Crippen molar-refractivity contribution in [1.29, 1.82) is 0 Å². The zero-order valence-electron chi connectivity index (χ0n) is 6.89. The van der Waals surface area contributed by atoms with Gasteiger partial charge in [-0.2, -0.15) is 0 Å². The quantitative estimate of drug-likeness (QED) is 0.586. The maximum atomic E-state index is 11.0. The second-order valence-corrected chi connectivity index (χ2v) is 3.94. The van der Waals surface area contributed by atoms with Crippen LogP contribution in [0.4, 0.5) is 0 Å². The summed E-state index contributed by atoms with van der Waals surface area (Å²) in [5.74, 6) is -0.990. The van der Waals surface area contributed by atoms with Gasteiger partial charge in [-0.15, -0.1) is 0 Å². The average molecular weight is 169 g/mol. The highest BCUT2D eigenvalue weighted by Gasteiger charge is 2.66. The highest BCUT2D eigenvalue weighted by Crippen LogP contribution is 2.55. The number of carboxylic acids is 1. The van der Waals surface area contributed by atoms with Crippen LogP contribution in [0, 0.1) is 5.41 Å². The van der Waals surface area contributed by atoms with Crippen LogP contribution in [0.15, 0.2) is 0 Å². The van der Waals surface area contributed by atoms with Gasteiger partial charge in [0.25, 0.3) is 0 Å². The SMILES string of the molecule is CC1(C(=O)O)CC(=O)NC12CC2. The van der Waals surface area contributed by atoms with Crippen LogP contribution in [0.1, 0.15) is 26.2 Å². The summed E-state index contributed by atoms with van der Waals surface area (Å²) in [6, 6.07) is 0. The van der Waals surface area contributed by atoms with Gasteiger partial charge in [-0.05, 0) is 19.8 Å². The van der Waals surface area contributed by atoms with Crippen molar-refractivity contribution in [3.8, 4) is 0 Å². The van der Waals surface area contributed by atoms with Crippen molar-refractivity contribution in [1.82, 2.24) is 5.32 Å². The smallest absolute Gasteiger partial charge is 0.312 e. The van der Waals surface area contributed by atoms with Gasteiger partial charge in [-0.1, -0.05) is 0 Å². The molecule has 2 N–H and O–H groups in total. The first kappa shape index (κ1) is 7.58. The van der Waals surface area contributed by atoms with Gasteiger partial charge in [-0.3, -0.25) is 9.59 Å². The molecule has 2 rings (SSSR count). The summed E-state index contributed by atoms with van der Waals surface area (Å²) in [5.41, 5.74) is -1.28. The summed E-state index contributed by atoms with van der Waals surface area (Å²) in [4.78, 5) is 22.0. The average Bonchev–Trinajstić information content (AvgIpc) is 2.62. The summed E-state index contributed by atoms with van der Waals surface area (Å²) < 4.78 is 0. The van der Waals surface area contributed by atoms with E-state index in [4.69, 9.17) is 5.11 Å². The van der Waals surface area contributed by atoms with E-state index in [2.05, 4.69) is 5.32 Å². The Kier molecular flexibility index (Phi) is 1.14. The topological polar surface area (TPSA) is 66.4 Å². The number of carbonyl (C=O) groups is 2. The summed E-state index contributed by atoms with van der Waals surface area (Å²) >= 11 is 0. The molecular weight excluding hydrogens is 158 g/mol. The fourth-order valence-corrected chi connectivity index (χ4v) is 2.02. The minimum Gasteiger partial charge on any atom is -0.481 e. The fourth-order valence-electron chi connectivity index (χ4n) is 2.02. The lowest BCUT2D eigenvalue weighted by atomic mass is 9.80. The molecule has 1 aliphatic heterocycles. The summed E-state index contributed by atoms with van der Waals surface area (Å²) in [6.07, 6.45) is 1.74. The summed E-state index contributed by atoms with van der Waals surface area (Å²) in [7, 11) is 0. The molecule has 0 aromatic carbocycles. The van der Waals surface area contributed by atoms with Crippen LogP contribution in [0.25, 0.3) is 0 Å². The van der Waals surface area contributed by atoms with Crippen molar-refractivity contribution >= 4 is 11.9 Å². The molecule has 2 aliphatic rings. The van der Waals surface area contributed by atoms with Gasteiger partial charge in [0.2, 0.25) is 5.91 Å². The van der Waals surface area contributed by atoms with E-state index in [1.165, 1.54) is 0 Å². The van der Waals surface area contributed by atoms with Gasteiger partial charge in [0.15, 0.2) is 0 Å². The van der Waals surface area contributed by atoms with Crippen LogP contribution >= 0.6 is 0 Å². The Labute approximate surface area is 69.9 Å². The lowest BCUT2D eigenvalue weighted by Crippen LogP contribution is -2.42. The molecule has 1 unspecified atom stereocenters. The monoisotopic (exact) mass is 169 g/mol.